The standard InChI is InChI=1S/C30H42N6O2/c1-3-13-33(14-4-1)29(34-15-5-2-6-16-34)31-26-11-7-9-25-10-8-12-27(28(25)26)32-30(35-17-21-37-22-18-35)36-19-23-38-24-20-36/h7-12H,1-6,13-24H2. The van der Waals surface area contributed by atoms with Gasteiger partial charge < -0.3 is 29.1 Å². The fraction of sp³-hybridized carbons (Fsp3) is 0.600. The smallest absolute Gasteiger partial charge is 0.202 e. The Morgan fingerprint density at radius 1 is 0.500 bits per heavy atom. The van der Waals surface area contributed by atoms with E-state index in [4.69, 9.17) is 19.5 Å². The summed E-state index contributed by atoms with van der Waals surface area (Å²) in [7, 11) is 0. The van der Waals surface area contributed by atoms with Gasteiger partial charge in [-0.25, -0.2) is 9.98 Å². The largest absolute Gasteiger partial charge is 0.378 e. The van der Waals surface area contributed by atoms with Crippen LogP contribution in [0.5, 0.6) is 0 Å². The van der Waals surface area contributed by atoms with Gasteiger partial charge in [0.2, 0.25) is 11.9 Å². The van der Waals surface area contributed by atoms with Crippen LogP contribution in [0.3, 0.4) is 0 Å². The van der Waals surface area contributed by atoms with E-state index in [2.05, 4.69) is 56.0 Å². The number of nitrogens with zero attached hydrogens (tertiary/aromatic N) is 6. The molecular formula is C30H42N6O2. The van der Waals surface area contributed by atoms with Crippen LogP contribution in [0.15, 0.2) is 46.4 Å². The van der Waals surface area contributed by atoms with Crippen LogP contribution < -0.4 is 0 Å². The van der Waals surface area contributed by atoms with Crippen LogP contribution in [-0.4, -0.2) is 110 Å². The minimum absolute atomic E-state index is 0.740. The maximum absolute atomic E-state index is 5.67. The maximum Gasteiger partial charge on any atom is 0.202 e. The molecule has 6 rings (SSSR count). The van der Waals surface area contributed by atoms with E-state index in [1.165, 1.54) is 43.9 Å². The van der Waals surface area contributed by atoms with Gasteiger partial charge in [0, 0.05) is 57.7 Å². The van der Waals surface area contributed by atoms with Gasteiger partial charge in [0.25, 0.3) is 0 Å². The quantitative estimate of drug-likeness (QED) is 0.433. The van der Waals surface area contributed by atoms with E-state index in [1.807, 2.05) is 0 Å². The van der Waals surface area contributed by atoms with Gasteiger partial charge in [-0.2, -0.15) is 0 Å². The molecule has 38 heavy (non-hydrogen) atoms. The first-order valence-corrected chi connectivity index (χ1v) is 14.7. The highest BCUT2D eigenvalue weighted by molar-refractivity contribution is 6.04. The van der Waals surface area contributed by atoms with Gasteiger partial charge in [0.05, 0.1) is 37.8 Å². The molecule has 2 aromatic rings. The zero-order chi connectivity index (χ0) is 25.6. The van der Waals surface area contributed by atoms with Gasteiger partial charge in [-0.05, 0) is 56.0 Å². The fourth-order valence-electron chi connectivity index (χ4n) is 6.10. The molecule has 4 heterocycles. The van der Waals surface area contributed by atoms with E-state index in [0.29, 0.717) is 0 Å². The molecule has 0 atom stereocenters. The molecule has 8 heteroatoms. The summed E-state index contributed by atoms with van der Waals surface area (Å²) in [6.45, 7) is 10.8. The van der Waals surface area contributed by atoms with Gasteiger partial charge in [0.15, 0.2) is 0 Å². The molecule has 0 saturated carbocycles. The third-order valence-corrected chi connectivity index (χ3v) is 8.17. The number of benzene rings is 2. The zero-order valence-corrected chi connectivity index (χ0v) is 22.7. The molecule has 204 valence electrons. The highest BCUT2D eigenvalue weighted by atomic mass is 16.5. The first-order valence-electron chi connectivity index (χ1n) is 14.7. The molecule has 2 aromatic carbocycles. The van der Waals surface area contributed by atoms with Crippen molar-refractivity contribution in [1.29, 1.82) is 0 Å². The number of hydrogen-bond donors (Lipinski definition) is 0. The molecule has 0 N–H and O–H groups in total. The Morgan fingerprint density at radius 3 is 1.32 bits per heavy atom. The van der Waals surface area contributed by atoms with Crippen LogP contribution in [0.1, 0.15) is 38.5 Å². The molecule has 0 amide bonds. The van der Waals surface area contributed by atoms with Crippen LogP contribution in [0.25, 0.3) is 10.8 Å². The monoisotopic (exact) mass is 518 g/mol. The third-order valence-electron chi connectivity index (χ3n) is 8.17. The Labute approximate surface area is 226 Å². The molecule has 0 spiro atoms. The summed E-state index contributed by atoms with van der Waals surface area (Å²) in [4.78, 5) is 20.7. The third kappa shape index (κ3) is 5.76. The number of hydrogen-bond acceptors (Lipinski definition) is 4. The summed E-state index contributed by atoms with van der Waals surface area (Å²) < 4.78 is 11.3. The molecule has 0 aliphatic carbocycles. The molecule has 0 aromatic heterocycles. The Kier molecular flexibility index (Phi) is 8.26. The minimum atomic E-state index is 0.740. The Bertz CT molecular complexity index is 1000. The summed E-state index contributed by atoms with van der Waals surface area (Å²) in [5, 5.41) is 2.33. The van der Waals surface area contributed by atoms with Gasteiger partial charge in [-0.1, -0.05) is 24.3 Å². The summed E-state index contributed by atoms with van der Waals surface area (Å²) >= 11 is 0. The first kappa shape index (κ1) is 25.4. The van der Waals surface area contributed by atoms with Gasteiger partial charge in [0.1, 0.15) is 0 Å². The Morgan fingerprint density at radius 2 is 0.895 bits per heavy atom. The van der Waals surface area contributed by atoms with Gasteiger partial charge in [-0.3, -0.25) is 0 Å². The number of fused-ring (bicyclic) bond motifs is 1. The van der Waals surface area contributed by atoms with E-state index in [9.17, 15) is 0 Å². The topological polar surface area (TPSA) is 56.1 Å². The lowest BCUT2D eigenvalue weighted by atomic mass is 10.1. The second-order valence-corrected chi connectivity index (χ2v) is 10.8. The Balaban J connectivity index is 1.44. The maximum atomic E-state index is 5.67. The van der Waals surface area contributed by atoms with Crippen LogP contribution >= 0.6 is 0 Å². The second kappa shape index (κ2) is 12.3. The second-order valence-electron chi connectivity index (χ2n) is 10.8. The van der Waals surface area contributed by atoms with Crippen molar-refractivity contribution in [3.05, 3.63) is 36.4 Å². The number of ether oxygens (including phenoxy) is 2. The minimum Gasteiger partial charge on any atom is -0.378 e. The van der Waals surface area contributed by atoms with Crippen molar-refractivity contribution in [3.8, 4) is 0 Å². The Hall–Kier alpha value is -2.84. The number of likely N-dealkylation sites (tertiary alicyclic amines) is 2. The summed E-state index contributed by atoms with van der Waals surface area (Å²) in [6.07, 6.45) is 7.65. The van der Waals surface area contributed by atoms with E-state index in [1.54, 1.807) is 0 Å². The van der Waals surface area contributed by atoms with Crippen molar-refractivity contribution in [2.45, 2.75) is 38.5 Å². The molecule has 4 aliphatic rings. The number of guanidine groups is 2. The van der Waals surface area contributed by atoms with E-state index >= 15 is 0 Å². The van der Waals surface area contributed by atoms with Crippen LogP contribution in [-0.2, 0) is 9.47 Å². The molecule has 0 unspecified atom stereocenters. The predicted octanol–water partition coefficient (Wildman–Crippen LogP) is 4.45. The van der Waals surface area contributed by atoms with E-state index < -0.39 is 0 Å². The van der Waals surface area contributed by atoms with Crippen molar-refractivity contribution in [2.24, 2.45) is 9.98 Å². The normalized spacial score (nSPS) is 20.9. The molecule has 4 aliphatic heterocycles. The lowest BCUT2D eigenvalue weighted by molar-refractivity contribution is 0.0422. The van der Waals surface area contributed by atoms with E-state index in [0.717, 1.165) is 107 Å². The molecule has 0 bridgehead atoms. The predicted molar refractivity (Wildman–Crippen MR) is 154 cm³/mol. The molecule has 8 nitrogen and oxygen atoms in total. The SMILES string of the molecule is c1cc(N=C(N2CCCCC2)N2CCCCC2)c2c(N=C(N3CCOCC3)N3CCOCC3)cccc2c1. The number of piperidine rings is 2. The zero-order valence-electron chi connectivity index (χ0n) is 22.7. The molecule has 0 radical (unpaired) electrons. The lowest BCUT2D eigenvalue weighted by Crippen LogP contribution is -2.52. The van der Waals surface area contributed by atoms with Crippen molar-refractivity contribution in [1.82, 2.24) is 19.6 Å². The van der Waals surface area contributed by atoms with E-state index in [-0.39, 0.29) is 0 Å². The fourth-order valence-corrected chi connectivity index (χ4v) is 6.10. The van der Waals surface area contributed by atoms with Crippen LogP contribution in [0, 0.1) is 0 Å². The summed E-state index contributed by atoms with van der Waals surface area (Å²) in [5.74, 6) is 2.20. The van der Waals surface area contributed by atoms with Crippen LogP contribution in [0.4, 0.5) is 11.4 Å². The van der Waals surface area contributed by atoms with Crippen molar-refractivity contribution in [2.75, 3.05) is 78.8 Å². The average molecular weight is 519 g/mol. The molecular weight excluding hydrogens is 476 g/mol. The summed E-state index contributed by atoms with van der Waals surface area (Å²) in [5.41, 5.74) is 2.02. The van der Waals surface area contributed by atoms with Crippen molar-refractivity contribution in [3.63, 3.8) is 0 Å². The highest BCUT2D eigenvalue weighted by Gasteiger charge is 2.25. The van der Waals surface area contributed by atoms with Crippen LogP contribution in [0.2, 0.25) is 0 Å². The first-order chi connectivity index (χ1) is 18.9. The molecule has 4 fully saturated rings. The van der Waals surface area contributed by atoms with Gasteiger partial charge >= 0.3 is 0 Å². The molecule has 4 saturated heterocycles. The number of morpholine rings is 2. The van der Waals surface area contributed by atoms with Gasteiger partial charge in [-0.15, -0.1) is 0 Å². The van der Waals surface area contributed by atoms with Crippen molar-refractivity contribution >= 4 is 34.1 Å². The average Bonchev–Trinajstić information content (AvgIpc) is 3.00. The number of rotatable bonds is 2. The van der Waals surface area contributed by atoms with Crippen molar-refractivity contribution < 1.29 is 9.47 Å². The number of aliphatic imine (C=N–C) groups is 2. The lowest BCUT2D eigenvalue weighted by Gasteiger charge is -2.38. The summed E-state index contributed by atoms with van der Waals surface area (Å²) in [6, 6.07) is 13.0. The highest BCUT2D eigenvalue weighted by Crippen LogP contribution is 2.36.